The Hall–Kier alpha value is -1.62. The second-order valence-corrected chi connectivity index (χ2v) is 6.67. The molecule has 9 heteroatoms. The van der Waals surface area contributed by atoms with Crippen LogP contribution in [0.3, 0.4) is 0 Å². The van der Waals surface area contributed by atoms with Crippen molar-refractivity contribution in [2.24, 2.45) is 5.73 Å². The first kappa shape index (κ1) is 20.7. The lowest BCUT2D eigenvalue weighted by molar-refractivity contribution is -0.137. The molecule has 1 aromatic rings. The molecule has 0 bridgehead atoms. The van der Waals surface area contributed by atoms with Crippen LogP contribution in [0.25, 0.3) is 0 Å². The molecule has 1 aliphatic rings. The Bertz CT molecular complexity index is 762. The molecule has 0 saturated heterocycles. The maximum Gasteiger partial charge on any atom is 0.416 e. The highest BCUT2D eigenvalue weighted by atomic mass is 35.5. The van der Waals surface area contributed by atoms with Gasteiger partial charge in [0.05, 0.1) is 27.4 Å². The molecule has 142 valence electrons. The van der Waals surface area contributed by atoms with Crippen molar-refractivity contribution in [2.45, 2.75) is 45.3 Å². The molecular formula is C17H19Cl2F3N4. The zero-order valence-corrected chi connectivity index (χ0v) is 16.1. The van der Waals surface area contributed by atoms with E-state index in [9.17, 15) is 18.4 Å². The fraction of sp³-hybridized carbons (Fsp3) is 0.471. The van der Waals surface area contributed by atoms with Gasteiger partial charge in [-0.3, -0.25) is 5.01 Å². The number of alkyl halides is 3. The molecule has 1 unspecified atom stereocenters. The smallest absolute Gasteiger partial charge is 0.384 e. The first-order chi connectivity index (χ1) is 12.1. The van der Waals surface area contributed by atoms with E-state index in [1.165, 1.54) is 5.01 Å². The van der Waals surface area contributed by atoms with E-state index in [1.807, 2.05) is 20.8 Å². The second kappa shape index (κ2) is 7.18. The molecule has 0 saturated carbocycles. The lowest BCUT2D eigenvalue weighted by atomic mass is 9.87. The van der Waals surface area contributed by atoms with E-state index in [0.29, 0.717) is 25.0 Å². The van der Waals surface area contributed by atoms with Crippen molar-refractivity contribution in [2.75, 3.05) is 11.6 Å². The van der Waals surface area contributed by atoms with Gasteiger partial charge in [-0.2, -0.15) is 23.4 Å². The van der Waals surface area contributed by atoms with Crippen LogP contribution in [0, 0.1) is 11.3 Å². The summed E-state index contributed by atoms with van der Waals surface area (Å²) >= 11 is 12.3. The number of likely N-dealkylation sites (N-methyl/N-ethyl adjacent to an activating group) is 1. The average Bonchev–Trinajstić information content (AvgIpc) is 2.81. The highest BCUT2D eigenvalue weighted by Crippen LogP contribution is 2.48. The third-order valence-electron chi connectivity index (χ3n) is 4.62. The summed E-state index contributed by atoms with van der Waals surface area (Å²) < 4.78 is 39.0. The molecule has 0 aromatic heterocycles. The molecule has 4 nitrogen and oxygen atoms in total. The van der Waals surface area contributed by atoms with Crippen LogP contribution in [0.15, 0.2) is 23.5 Å². The van der Waals surface area contributed by atoms with Gasteiger partial charge in [-0.15, -0.1) is 0 Å². The molecule has 0 aliphatic carbocycles. The number of halogens is 5. The van der Waals surface area contributed by atoms with Gasteiger partial charge in [0.15, 0.2) is 5.54 Å². The fourth-order valence-electron chi connectivity index (χ4n) is 3.45. The summed E-state index contributed by atoms with van der Waals surface area (Å²) in [7, 11) is 0. The Balaban J connectivity index is 2.72. The van der Waals surface area contributed by atoms with Gasteiger partial charge in [-0.25, -0.2) is 0 Å². The van der Waals surface area contributed by atoms with Crippen LogP contribution in [-0.4, -0.2) is 17.1 Å². The molecule has 2 rings (SSSR count). The van der Waals surface area contributed by atoms with E-state index >= 15 is 0 Å². The van der Waals surface area contributed by atoms with Gasteiger partial charge in [0.2, 0.25) is 0 Å². The molecule has 0 radical (unpaired) electrons. The fourth-order valence-corrected chi connectivity index (χ4v) is 4.10. The predicted octanol–water partition coefficient (Wildman–Crippen LogP) is 5.32. The van der Waals surface area contributed by atoms with E-state index in [4.69, 9.17) is 28.9 Å². The zero-order chi connectivity index (χ0) is 19.9. The van der Waals surface area contributed by atoms with Crippen LogP contribution in [0.4, 0.5) is 18.9 Å². The summed E-state index contributed by atoms with van der Waals surface area (Å²) in [6.07, 6.45) is -3.61. The normalized spacial score (nSPS) is 21.4. The van der Waals surface area contributed by atoms with Gasteiger partial charge < -0.3 is 5.73 Å². The topological polar surface area (TPSA) is 56.3 Å². The molecule has 1 heterocycles. The molecule has 0 fully saturated rings. The number of benzene rings is 1. The summed E-state index contributed by atoms with van der Waals surface area (Å²) in [5.74, 6) is 0.265. The molecule has 1 aliphatic heterocycles. The third-order valence-corrected chi connectivity index (χ3v) is 5.20. The summed E-state index contributed by atoms with van der Waals surface area (Å²) in [4.78, 5) is 0. The minimum absolute atomic E-state index is 0.136. The first-order valence-electron chi connectivity index (χ1n) is 8.13. The minimum Gasteiger partial charge on any atom is -0.384 e. The Labute approximate surface area is 160 Å². The molecular weight excluding hydrogens is 388 g/mol. The van der Waals surface area contributed by atoms with Crippen molar-refractivity contribution in [1.82, 2.24) is 5.01 Å². The van der Waals surface area contributed by atoms with Crippen molar-refractivity contribution >= 4 is 28.9 Å². The number of nitrogens with zero attached hydrogens (tertiary/aromatic N) is 3. The minimum atomic E-state index is -4.57. The summed E-state index contributed by atoms with van der Waals surface area (Å²) in [6, 6.07) is 3.94. The summed E-state index contributed by atoms with van der Waals surface area (Å²) in [6.45, 7) is 5.94. The average molecular weight is 407 g/mol. The molecule has 0 amide bonds. The Morgan fingerprint density at radius 3 is 2.08 bits per heavy atom. The van der Waals surface area contributed by atoms with Crippen LogP contribution in [0.1, 0.15) is 39.2 Å². The molecule has 1 atom stereocenters. The number of hydrogen-bond donors (Lipinski definition) is 1. The number of nitriles is 1. The van der Waals surface area contributed by atoms with E-state index in [-0.39, 0.29) is 21.6 Å². The lowest BCUT2D eigenvalue weighted by Gasteiger charge is -2.39. The second-order valence-electron chi connectivity index (χ2n) is 5.86. The van der Waals surface area contributed by atoms with E-state index in [1.54, 1.807) is 5.01 Å². The third kappa shape index (κ3) is 3.00. The largest absolute Gasteiger partial charge is 0.416 e. The van der Waals surface area contributed by atoms with Crippen LogP contribution in [0.5, 0.6) is 0 Å². The summed E-state index contributed by atoms with van der Waals surface area (Å²) in [5.41, 5.74) is 5.18. The van der Waals surface area contributed by atoms with Crippen LogP contribution in [0.2, 0.25) is 10.0 Å². The molecule has 2 N–H and O–H groups in total. The van der Waals surface area contributed by atoms with Crippen LogP contribution >= 0.6 is 23.2 Å². The number of nitrogens with two attached hydrogens (primary N) is 1. The van der Waals surface area contributed by atoms with Crippen molar-refractivity contribution < 1.29 is 13.2 Å². The van der Waals surface area contributed by atoms with Crippen LogP contribution in [-0.2, 0) is 6.18 Å². The van der Waals surface area contributed by atoms with Gasteiger partial charge in [0, 0.05) is 12.1 Å². The van der Waals surface area contributed by atoms with Crippen LogP contribution < -0.4 is 10.7 Å². The highest BCUT2D eigenvalue weighted by molar-refractivity contribution is 6.39. The number of hydrogen-bond acceptors (Lipinski definition) is 4. The van der Waals surface area contributed by atoms with Gasteiger partial charge in [0.25, 0.3) is 0 Å². The molecule has 1 aromatic carbocycles. The van der Waals surface area contributed by atoms with Gasteiger partial charge in [-0.1, -0.05) is 44.0 Å². The first-order valence-corrected chi connectivity index (χ1v) is 8.88. The predicted molar refractivity (Wildman–Crippen MR) is 96.5 cm³/mol. The zero-order valence-electron chi connectivity index (χ0n) is 14.6. The number of rotatable bonds is 4. The standard InChI is InChI=1S/C17H19Cl2F3N4/c1-4-11-15(24)26(25(6-3)16(11,5-2)9-23)14-12(18)7-10(8-13(14)19)17(20,21)22/h7-8H,4-6,24H2,1-3H3. The van der Waals surface area contributed by atoms with Gasteiger partial charge >= 0.3 is 6.18 Å². The molecule has 0 spiro atoms. The lowest BCUT2D eigenvalue weighted by Crippen LogP contribution is -2.52. The number of anilines is 1. The van der Waals surface area contributed by atoms with Gasteiger partial charge in [-0.05, 0) is 25.0 Å². The van der Waals surface area contributed by atoms with Crippen molar-refractivity contribution in [3.63, 3.8) is 0 Å². The maximum absolute atomic E-state index is 13.0. The van der Waals surface area contributed by atoms with E-state index in [0.717, 1.165) is 12.1 Å². The quantitative estimate of drug-likeness (QED) is 0.734. The van der Waals surface area contributed by atoms with Crippen molar-refractivity contribution in [3.05, 3.63) is 39.1 Å². The maximum atomic E-state index is 13.0. The van der Waals surface area contributed by atoms with Crippen molar-refractivity contribution in [1.29, 1.82) is 5.26 Å². The Morgan fingerprint density at radius 2 is 1.73 bits per heavy atom. The van der Waals surface area contributed by atoms with E-state index in [2.05, 4.69) is 6.07 Å². The molecule has 26 heavy (non-hydrogen) atoms. The van der Waals surface area contributed by atoms with Crippen molar-refractivity contribution in [3.8, 4) is 6.07 Å². The highest BCUT2D eigenvalue weighted by Gasteiger charge is 2.50. The Morgan fingerprint density at radius 1 is 1.19 bits per heavy atom. The number of hydrazine groups is 1. The summed E-state index contributed by atoms with van der Waals surface area (Å²) in [5, 5.41) is 12.7. The Kier molecular flexibility index (Phi) is 5.71. The van der Waals surface area contributed by atoms with Gasteiger partial charge in [0.1, 0.15) is 5.82 Å². The SMILES string of the molecule is CCC1=C(N)N(c2c(Cl)cc(C(F)(F)F)cc2Cl)N(CC)C1(C#N)CC. The van der Waals surface area contributed by atoms with E-state index < -0.39 is 17.3 Å². The monoisotopic (exact) mass is 406 g/mol.